The van der Waals surface area contributed by atoms with Gasteiger partial charge in [0.05, 0.1) is 25.4 Å². The Labute approximate surface area is 488 Å². The summed E-state index contributed by atoms with van der Waals surface area (Å²) in [5.41, 5.74) is 0. The van der Waals surface area contributed by atoms with Gasteiger partial charge in [0.2, 0.25) is 5.91 Å². The number of carbonyl (C=O) groups is 2. The lowest BCUT2D eigenvalue weighted by Crippen LogP contribution is -2.45. The van der Waals surface area contributed by atoms with Gasteiger partial charge in [-0.1, -0.05) is 353 Å². The first-order chi connectivity index (χ1) is 38.5. The third kappa shape index (κ3) is 63.5. The number of nitrogens with one attached hydrogen (secondary N) is 1. The molecule has 0 saturated heterocycles. The van der Waals surface area contributed by atoms with E-state index in [0.29, 0.717) is 25.9 Å². The van der Waals surface area contributed by atoms with Crippen LogP contribution in [0.4, 0.5) is 0 Å². The summed E-state index contributed by atoms with van der Waals surface area (Å²) in [5.74, 6) is -0.0298. The van der Waals surface area contributed by atoms with Crippen LogP contribution in [0.3, 0.4) is 0 Å². The third-order valence-corrected chi connectivity index (χ3v) is 16.8. The second-order valence-corrected chi connectivity index (χ2v) is 24.6. The molecular formula is C72H139NO5. The largest absolute Gasteiger partial charge is 0.466 e. The van der Waals surface area contributed by atoms with Crippen LogP contribution in [-0.2, 0) is 14.3 Å². The lowest BCUT2D eigenvalue weighted by Gasteiger charge is -2.22. The Kier molecular flexibility index (Phi) is 66.4. The molecule has 2 atom stereocenters. The van der Waals surface area contributed by atoms with Crippen LogP contribution in [0.5, 0.6) is 0 Å². The molecule has 3 N–H and O–H groups in total. The molecule has 6 heteroatoms. The number of carbonyl (C=O) groups excluding carboxylic acids is 2. The maximum absolute atomic E-state index is 12.6. The van der Waals surface area contributed by atoms with Gasteiger partial charge in [-0.15, -0.1) is 0 Å². The minimum atomic E-state index is -0.666. The summed E-state index contributed by atoms with van der Waals surface area (Å²) in [6.07, 6.45) is 85.0. The molecular weight excluding hydrogens is 959 g/mol. The number of esters is 1. The molecule has 0 rings (SSSR count). The zero-order chi connectivity index (χ0) is 56.4. The summed E-state index contributed by atoms with van der Waals surface area (Å²) in [7, 11) is 0. The van der Waals surface area contributed by atoms with E-state index in [0.717, 1.165) is 51.4 Å². The van der Waals surface area contributed by atoms with Gasteiger partial charge in [-0.05, 0) is 57.8 Å². The van der Waals surface area contributed by atoms with Gasteiger partial charge in [0.25, 0.3) is 0 Å². The van der Waals surface area contributed by atoms with Gasteiger partial charge in [-0.25, -0.2) is 0 Å². The van der Waals surface area contributed by atoms with Crippen molar-refractivity contribution in [1.29, 1.82) is 0 Å². The predicted molar refractivity (Wildman–Crippen MR) is 343 cm³/mol. The smallest absolute Gasteiger partial charge is 0.305 e. The predicted octanol–water partition coefficient (Wildman–Crippen LogP) is 22.9. The van der Waals surface area contributed by atoms with Crippen LogP contribution in [0.15, 0.2) is 24.3 Å². The Morgan fingerprint density at radius 3 is 0.987 bits per heavy atom. The van der Waals surface area contributed by atoms with E-state index >= 15 is 0 Å². The molecule has 0 aliphatic heterocycles. The van der Waals surface area contributed by atoms with Crippen molar-refractivity contribution in [2.75, 3.05) is 13.2 Å². The monoisotopic (exact) mass is 1100 g/mol. The molecule has 0 aromatic carbocycles. The van der Waals surface area contributed by atoms with Crippen LogP contribution < -0.4 is 5.32 Å². The summed E-state index contributed by atoms with van der Waals surface area (Å²) in [5, 5.41) is 23.4. The van der Waals surface area contributed by atoms with Crippen molar-refractivity contribution in [3.05, 3.63) is 24.3 Å². The maximum Gasteiger partial charge on any atom is 0.305 e. The number of aliphatic hydroxyl groups is 2. The van der Waals surface area contributed by atoms with Crippen molar-refractivity contribution in [1.82, 2.24) is 5.32 Å². The molecule has 0 spiro atoms. The third-order valence-electron chi connectivity index (χ3n) is 16.8. The number of rotatable bonds is 67. The van der Waals surface area contributed by atoms with Crippen molar-refractivity contribution in [2.45, 2.75) is 411 Å². The summed E-state index contributed by atoms with van der Waals surface area (Å²) in [6, 6.07) is -0.543. The minimum absolute atomic E-state index is 0.000853. The molecule has 0 aliphatic carbocycles. The molecule has 2 unspecified atom stereocenters. The minimum Gasteiger partial charge on any atom is -0.466 e. The molecule has 78 heavy (non-hydrogen) atoms. The molecule has 0 aromatic heterocycles. The highest BCUT2D eigenvalue weighted by atomic mass is 16.5. The molecule has 6 nitrogen and oxygen atoms in total. The van der Waals surface area contributed by atoms with Crippen LogP contribution in [0.25, 0.3) is 0 Å². The Hall–Kier alpha value is -1.66. The number of allylic oxidation sites excluding steroid dienone is 4. The van der Waals surface area contributed by atoms with Crippen molar-refractivity contribution in [3.8, 4) is 0 Å². The summed E-state index contributed by atoms with van der Waals surface area (Å²) < 4.78 is 5.49. The van der Waals surface area contributed by atoms with E-state index in [1.54, 1.807) is 0 Å². The van der Waals surface area contributed by atoms with Gasteiger partial charge in [0.15, 0.2) is 0 Å². The normalized spacial score (nSPS) is 12.6. The lowest BCUT2D eigenvalue weighted by atomic mass is 10.0. The van der Waals surface area contributed by atoms with E-state index in [4.69, 9.17) is 4.74 Å². The second-order valence-electron chi connectivity index (χ2n) is 24.6. The van der Waals surface area contributed by atoms with Gasteiger partial charge < -0.3 is 20.3 Å². The van der Waals surface area contributed by atoms with Crippen LogP contribution in [-0.4, -0.2) is 47.4 Å². The van der Waals surface area contributed by atoms with E-state index in [9.17, 15) is 19.8 Å². The highest BCUT2D eigenvalue weighted by Crippen LogP contribution is 2.19. The lowest BCUT2D eigenvalue weighted by molar-refractivity contribution is -0.143. The average molecular weight is 1100 g/mol. The molecule has 462 valence electrons. The Morgan fingerprint density at radius 2 is 0.641 bits per heavy atom. The molecule has 0 saturated carbocycles. The standard InChI is InChI=1S/C72H139NO5/c1-3-5-7-9-11-13-15-17-19-21-22-23-24-27-30-33-36-40-44-48-52-56-60-64-70(75)69(68-74)73-71(76)65-61-57-53-49-45-41-37-34-31-28-25-26-29-32-35-39-43-47-51-55-59-63-67-78-72(77)66-62-58-54-50-46-42-38-20-18-16-14-12-10-8-6-4-2/h14,16,20,38,69-70,74-75H,3-13,15,17-19,21-37,39-68H2,1-2H3,(H,73,76)/b16-14-,38-20-. The fraction of sp³-hybridized carbons (Fsp3) is 0.917. The number of hydrogen-bond donors (Lipinski definition) is 3. The van der Waals surface area contributed by atoms with Crippen molar-refractivity contribution in [3.63, 3.8) is 0 Å². The number of amides is 1. The molecule has 0 bridgehead atoms. The first kappa shape index (κ1) is 76.3. The highest BCUT2D eigenvalue weighted by Gasteiger charge is 2.20. The van der Waals surface area contributed by atoms with Crippen LogP contribution in [0, 0.1) is 0 Å². The SMILES string of the molecule is CCCCCC/C=C\C/C=C\CCCCCCCC(=O)OCCCCCCCCCCCCCCCCCCCCCCCCC(=O)NC(CO)C(O)CCCCCCCCCCCCCCCCCCCCCCCCC. The van der Waals surface area contributed by atoms with Crippen LogP contribution in [0.1, 0.15) is 399 Å². The summed E-state index contributed by atoms with van der Waals surface area (Å²) in [6.45, 7) is 4.97. The van der Waals surface area contributed by atoms with E-state index < -0.39 is 12.1 Å². The zero-order valence-corrected chi connectivity index (χ0v) is 52.9. The summed E-state index contributed by atoms with van der Waals surface area (Å²) in [4.78, 5) is 24.6. The van der Waals surface area contributed by atoms with Gasteiger partial charge in [0, 0.05) is 12.8 Å². The maximum atomic E-state index is 12.6. The van der Waals surface area contributed by atoms with Gasteiger partial charge in [0.1, 0.15) is 0 Å². The average Bonchev–Trinajstić information content (AvgIpc) is 3.44. The van der Waals surface area contributed by atoms with Gasteiger partial charge in [-0.3, -0.25) is 9.59 Å². The first-order valence-corrected chi connectivity index (χ1v) is 35.6. The number of ether oxygens (including phenoxy) is 1. The van der Waals surface area contributed by atoms with Crippen LogP contribution >= 0.6 is 0 Å². The zero-order valence-electron chi connectivity index (χ0n) is 52.9. The van der Waals surface area contributed by atoms with Crippen molar-refractivity contribution >= 4 is 11.9 Å². The van der Waals surface area contributed by atoms with Gasteiger partial charge >= 0.3 is 5.97 Å². The van der Waals surface area contributed by atoms with E-state index in [1.807, 2.05) is 0 Å². The number of unbranched alkanes of at least 4 members (excludes halogenated alkanes) is 52. The molecule has 0 aliphatic rings. The Bertz CT molecular complexity index is 1220. The fourth-order valence-corrected chi connectivity index (χ4v) is 11.3. The molecule has 0 radical (unpaired) electrons. The Balaban J connectivity index is 3.38. The van der Waals surface area contributed by atoms with E-state index in [1.165, 1.54) is 315 Å². The number of hydrogen-bond acceptors (Lipinski definition) is 5. The second kappa shape index (κ2) is 67.8. The van der Waals surface area contributed by atoms with Gasteiger partial charge in [-0.2, -0.15) is 0 Å². The van der Waals surface area contributed by atoms with E-state index in [2.05, 4.69) is 43.5 Å². The Morgan fingerprint density at radius 1 is 0.359 bits per heavy atom. The summed E-state index contributed by atoms with van der Waals surface area (Å²) >= 11 is 0. The molecule has 0 heterocycles. The van der Waals surface area contributed by atoms with E-state index in [-0.39, 0.29) is 18.5 Å². The molecule has 1 amide bonds. The molecule has 0 aromatic rings. The quantitative estimate of drug-likeness (QED) is 0.0320. The first-order valence-electron chi connectivity index (χ1n) is 35.6. The fourth-order valence-electron chi connectivity index (χ4n) is 11.3. The topological polar surface area (TPSA) is 95.9 Å². The van der Waals surface area contributed by atoms with Crippen molar-refractivity contribution in [2.24, 2.45) is 0 Å². The van der Waals surface area contributed by atoms with Crippen molar-refractivity contribution < 1.29 is 24.5 Å². The number of aliphatic hydroxyl groups excluding tert-OH is 2. The molecule has 0 fully saturated rings. The highest BCUT2D eigenvalue weighted by molar-refractivity contribution is 5.76. The van der Waals surface area contributed by atoms with Crippen LogP contribution in [0.2, 0.25) is 0 Å².